The van der Waals surface area contributed by atoms with E-state index in [1.807, 2.05) is 37.1 Å². The van der Waals surface area contributed by atoms with Crippen molar-refractivity contribution in [3.05, 3.63) is 40.7 Å². The maximum Gasteiger partial charge on any atom is 0.236 e. The van der Waals surface area contributed by atoms with E-state index >= 15 is 0 Å². The van der Waals surface area contributed by atoms with E-state index in [9.17, 15) is 4.79 Å². The molecule has 0 bridgehead atoms. The molecule has 1 aromatic carbocycles. The predicted molar refractivity (Wildman–Crippen MR) is 82.5 cm³/mol. The van der Waals surface area contributed by atoms with Gasteiger partial charge in [0.1, 0.15) is 5.01 Å². The minimum Gasteiger partial charge on any atom is -0.358 e. The lowest BCUT2D eigenvalue weighted by atomic mass is 10.2. The van der Waals surface area contributed by atoms with Gasteiger partial charge in [0.05, 0.1) is 18.3 Å². The van der Waals surface area contributed by atoms with Gasteiger partial charge < -0.3 is 5.32 Å². The lowest BCUT2D eigenvalue weighted by Gasteiger charge is -2.21. The van der Waals surface area contributed by atoms with Gasteiger partial charge in [0, 0.05) is 18.0 Å². The van der Waals surface area contributed by atoms with Crippen LogP contribution in [0.15, 0.2) is 35.7 Å². The van der Waals surface area contributed by atoms with Gasteiger partial charge in [-0.2, -0.15) is 0 Å². The van der Waals surface area contributed by atoms with Crippen molar-refractivity contribution in [1.82, 2.24) is 15.2 Å². The van der Waals surface area contributed by atoms with Crippen molar-refractivity contribution in [3.8, 4) is 11.3 Å². The third-order valence-electron chi connectivity index (χ3n) is 3.29. The lowest BCUT2D eigenvalue weighted by molar-refractivity contribution is -0.125. The van der Waals surface area contributed by atoms with Crippen LogP contribution in [-0.4, -0.2) is 35.9 Å². The van der Waals surface area contributed by atoms with Gasteiger partial charge >= 0.3 is 0 Å². The molecule has 1 aromatic heterocycles. The van der Waals surface area contributed by atoms with Crippen molar-refractivity contribution in [1.29, 1.82) is 0 Å². The molecular formula is C15H19N3OS. The molecule has 1 atom stereocenters. The summed E-state index contributed by atoms with van der Waals surface area (Å²) in [5.41, 5.74) is 2.11. The van der Waals surface area contributed by atoms with E-state index in [-0.39, 0.29) is 11.9 Å². The molecule has 2 rings (SSSR count). The zero-order chi connectivity index (χ0) is 14.5. The first kappa shape index (κ1) is 14.7. The normalized spacial score (nSPS) is 12.4. The largest absolute Gasteiger partial charge is 0.358 e. The van der Waals surface area contributed by atoms with E-state index in [1.165, 1.54) is 0 Å². The van der Waals surface area contributed by atoms with Gasteiger partial charge in [-0.25, -0.2) is 4.98 Å². The Morgan fingerprint density at radius 3 is 2.75 bits per heavy atom. The minimum atomic E-state index is -0.163. The average molecular weight is 289 g/mol. The van der Waals surface area contributed by atoms with Crippen LogP contribution in [0, 0.1) is 0 Å². The van der Waals surface area contributed by atoms with Gasteiger partial charge in [0.2, 0.25) is 5.91 Å². The summed E-state index contributed by atoms with van der Waals surface area (Å²) in [4.78, 5) is 18.2. The molecule has 4 nitrogen and oxygen atoms in total. The molecule has 1 N–H and O–H groups in total. The van der Waals surface area contributed by atoms with Crippen LogP contribution in [0.1, 0.15) is 11.9 Å². The summed E-state index contributed by atoms with van der Waals surface area (Å²) >= 11 is 1.62. The highest BCUT2D eigenvalue weighted by Crippen LogP contribution is 2.22. The molecule has 0 spiro atoms. The number of carbonyl (C=O) groups excluding carboxylic acids is 1. The summed E-state index contributed by atoms with van der Waals surface area (Å²) in [6.07, 6.45) is 0. The fraction of sp³-hybridized carbons (Fsp3) is 0.333. The summed E-state index contributed by atoms with van der Waals surface area (Å²) in [7, 11) is 3.59. The molecule has 0 aliphatic heterocycles. The second-order valence-corrected chi connectivity index (χ2v) is 5.64. The van der Waals surface area contributed by atoms with E-state index < -0.39 is 0 Å². The van der Waals surface area contributed by atoms with Crippen molar-refractivity contribution >= 4 is 17.2 Å². The van der Waals surface area contributed by atoms with Gasteiger partial charge in [-0.15, -0.1) is 11.3 Å². The number of benzene rings is 1. The Balaban J connectivity index is 2.05. The van der Waals surface area contributed by atoms with E-state index in [4.69, 9.17) is 0 Å². The minimum absolute atomic E-state index is 0.0207. The molecule has 0 aliphatic rings. The number of aromatic nitrogens is 1. The molecule has 0 fully saturated rings. The molecule has 0 radical (unpaired) electrons. The average Bonchev–Trinajstić information content (AvgIpc) is 2.95. The van der Waals surface area contributed by atoms with Gasteiger partial charge in [-0.1, -0.05) is 30.3 Å². The van der Waals surface area contributed by atoms with Crippen LogP contribution < -0.4 is 5.32 Å². The SMILES string of the molecule is CNC(=O)[C@H](C)N(C)Cc1nc(-c2ccccc2)cs1. The third-order valence-corrected chi connectivity index (χ3v) is 4.13. The molecule has 0 unspecified atom stereocenters. The fourth-order valence-corrected chi connectivity index (χ4v) is 2.75. The number of thiazole rings is 1. The van der Waals surface area contributed by atoms with Crippen molar-refractivity contribution in [2.24, 2.45) is 0 Å². The molecule has 0 saturated heterocycles. The Morgan fingerprint density at radius 1 is 1.40 bits per heavy atom. The van der Waals surface area contributed by atoms with E-state index in [0.29, 0.717) is 6.54 Å². The molecular weight excluding hydrogens is 270 g/mol. The first-order valence-electron chi connectivity index (χ1n) is 6.53. The monoisotopic (exact) mass is 289 g/mol. The number of hydrogen-bond donors (Lipinski definition) is 1. The van der Waals surface area contributed by atoms with Crippen LogP contribution in [0.3, 0.4) is 0 Å². The van der Waals surface area contributed by atoms with Crippen LogP contribution in [0.2, 0.25) is 0 Å². The number of likely N-dealkylation sites (N-methyl/N-ethyl adjacent to an activating group) is 2. The summed E-state index contributed by atoms with van der Waals surface area (Å²) in [6, 6.07) is 9.95. The lowest BCUT2D eigenvalue weighted by Crippen LogP contribution is -2.41. The first-order chi connectivity index (χ1) is 9.61. The van der Waals surface area contributed by atoms with Crippen molar-refractivity contribution < 1.29 is 4.79 Å². The molecule has 106 valence electrons. The molecule has 20 heavy (non-hydrogen) atoms. The number of carbonyl (C=O) groups is 1. The zero-order valence-electron chi connectivity index (χ0n) is 12.0. The second kappa shape index (κ2) is 6.63. The van der Waals surface area contributed by atoms with E-state index in [1.54, 1.807) is 18.4 Å². The van der Waals surface area contributed by atoms with E-state index in [2.05, 4.69) is 27.8 Å². The summed E-state index contributed by atoms with van der Waals surface area (Å²) < 4.78 is 0. The highest BCUT2D eigenvalue weighted by molar-refractivity contribution is 7.09. The fourth-order valence-electron chi connectivity index (χ4n) is 1.88. The summed E-state index contributed by atoms with van der Waals surface area (Å²) in [5, 5.41) is 5.74. The van der Waals surface area contributed by atoms with Gasteiger partial charge in [-0.05, 0) is 14.0 Å². The smallest absolute Gasteiger partial charge is 0.236 e. The Morgan fingerprint density at radius 2 is 2.10 bits per heavy atom. The number of hydrogen-bond acceptors (Lipinski definition) is 4. The van der Waals surface area contributed by atoms with Crippen LogP contribution in [-0.2, 0) is 11.3 Å². The summed E-state index contributed by atoms with van der Waals surface area (Å²) in [5.74, 6) is 0.0207. The van der Waals surface area contributed by atoms with Gasteiger partial charge in [0.25, 0.3) is 0 Å². The van der Waals surface area contributed by atoms with Crippen molar-refractivity contribution in [2.45, 2.75) is 19.5 Å². The molecule has 2 aromatic rings. The van der Waals surface area contributed by atoms with Crippen molar-refractivity contribution in [3.63, 3.8) is 0 Å². The highest BCUT2D eigenvalue weighted by Gasteiger charge is 2.17. The Labute approximate surface area is 123 Å². The van der Waals surface area contributed by atoms with E-state index in [0.717, 1.165) is 16.3 Å². The summed E-state index contributed by atoms with van der Waals surface area (Å²) in [6.45, 7) is 2.57. The third kappa shape index (κ3) is 3.43. The van der Waals surface area contributed by atoms with Crippen LogP contribution in [0.5, 0.6) is 0 Å². The molecule has 0 aliphatic carbocycles. The quantitative estimate of drug-likeness (QED) is 0.919. The number of nitrogens with one attached hydrogen (secondary N) is 1. The Hall–Kier alpha value is -1.72. The molecule has 1 heterocycles. The van der Waals surface area contributed by atoms with Crippen LogP contribution in [0.25, 0.3) is 11.3 Å². The maximum atomic E-state index is 11.6. The number of amides is 1. The maximum absolute atomic E-state index is 11.6. The first-order valence-corrected chi connectivity index (χ1v) is 7.41. The predicted octanol–water partition coefficient (Wildman–Crippen LogP) is 2.38. The topological polar surface area (TPSA) is 45.2 Å². The Bertz CT molecular complexity index is 568. The van der Waals surface area contributed by atoms with Crippen LogP contribution >= 0.6 is 11.3 Å². The van der Waals surface area contributed by atoms with Gasteiger partial charge in [0.15, 0.2) is 0 Å². The van der Waals surface area contributed by atoms with Crippen molar-refractivity contribution in [2.75, 3.05) is 14.1 Å². The number of nitrogens with zero attached hydrogens (tertiary/aromatic N) is 2. The molecule has 0 saturated carbocycles. The highest BCUT2D eigenvalue weighted by atomic mass is 32.1. The van der Waals surface area contributed by atoms with Crippen LogP contribution in [0.4, 0.5) is 0 Å². The zero-order valence-corrected chi connectivity index (χ0v) is 12.8. The Kier molecular flexibility index (Phi) is 4.87. The molecule has 1 amide bonds. The van der Waals surface area contributed by atoms with Gasteiger partial charge in [-0.3, -0.25) is 9.69 Å². The second-order valence-electron chi connectivity index (χ2n) is 4.70. The molecule has 5 heteroatoms. The number of rotatable bonds is 5. The standard InChI is InChI=1S/C15H19N3OS/c1-11(15(19)16-2)18(3)9-14-17-13(10-20-14)12-7-5-4-6-8-12/h4-8,10-11H,9H2,1-3H3,(H,16,19)/t11-/m0/s1.